The summed E-state index contributed by atoms with van der Waals surface area (Å²) in [7, 11) is 0. The van der Waals surface area contributed by atoms with Gasteiger partial charge in [-0.25, -0.2) is 0 Å². The SMILES string of the molecule is c1ccc(N(c2ccc(-c3ccc(-n4c5ccccc5c5ccccc54)cc3)cc2)c2cccc3ccccc23)c(-c2cccc3oc4ccccc4c23)c1. The van der Waals surface area contributed by atoms with Crippen molar-refractivity contribution in [1.82, 2.24) is 4.57 Å². The van der Waals surface area contributed by atoms with Crippen molar-refractivity contribution in [3.63, 3.8) is 0 Å². The topological polar surface area (TPSA) is 21.3 Å². The molecule has 0 radical (unpaired) electrons. The van der Waals surface area contributed by atoms with E-state index in [-0.39, 0.29) is 0 Å². The Kier molecular flexibility index (Phi) is 7.17. The van der Waals surface area contributed by atoms with E-state index in [2.05, 4.69) is 204 Å². The third-order valence-corrected chi connectivity index (χ3v) is 11.0. The van der Waals surface area contributed by atoms with Crippen molar-refractivity contribution < 1.29 is 4.42 Å². The average Bonchev–Trinajstić information content (AvgIpc) is 3.81. The van der Waals surface area contributed by atoms with Crippen molar-refractivity contribution in [3.05, 3.63) is 206 Å². The molecule has 0 bridgehead atoms. The summed E-state index contributed by atoms with van der Waals surface area (Å²) in [5, 5.41) is 7.17. The molecule has 55 heavy (non-hydrogen) atoms. The number of fused-ring (bicyclic) bond motifs is 7. The Labute approximate surface area is 318 Å². The summed E-state index contributed by atoms with van der Waals surface area (Å²) in [6, 6.07) is 73.9. The second-order valence-corrected chi connectivity index (χ2v) is 14.1. The summed E-state index contributed by atoms with van der Waals surface area (Å²) in [5.74, 6) is 0. The molecule has 3 heteroatoms. The first kappa shape index (κ1) is 31.2. The highest BCUT2D eigenvalue weighted by Gasteiger charge is 2.21. The molecule has 2 heterocycles. The van der Waals surface area contributed by atoms with Crippen LogP contribution in [0.2, 0.25) is 0 Å². The van der Waals surface area contributed by atoms with Gasteiger partial charge in [0, 0.05) is 43.9 Å². The van der Waals surface area contributed by atoms with E-state index in [1.807, 2.05) is 12.1 Å². The molecule has 0 N–H and O–H groups in total. The van der Waals surface area contributed by atoms with Crippen LogP contribution in [0.15, 0.2) is 211 Å². The number of para-hydroxylation sites is 4. The Hall–Kier alpha value is -7.36. The molecule has 258 valence electrons. The summed E-state index contributed by atoms with van der Waals surface area (Å²) in [5.41, 5.74) is 13.3. The number of benzene rings is 9. The lowest BCUT2D eigenvalue weighted by atomic mass is 9.96. The van der Waals surface area contributed by atoms with Crippen molar-refractivity contribution in [2.24, 2.45) is 0 Å². The van der Waals surface area contributed by atoms with Gasteiger partial charge < -0.3 is 13.9 Å². The van der Waals surface area contributed by atoms with Gasteiger partial charge in [-0.1, -0.05) is 146 Å². The number of hydrogen-bond acceptors (Lipinski definition) is 2. The Morgan fingerprint density at radius 1 is 0.364 bits per heavy atom. The quantitative estimate of drug-likeness (QED) is 0.172. The number of hydrogen-bond donors (Lipinski definition) is 0. The maximum absolute atomic E-state index is 6.35. The molecule has 11 rings (SSSR count). The fourth-order valence-corrected chi connectivity index (χ4v) is 8.51. The number of aromatic nitrogens is 1. The van der Waals surface area contributed by atoms with Gasteiger partial charge in [0.2, 0.25) is 0 Å². The van der Waals surface area contributed by atoms with Crippen LogP contribution in [0.25, 0.3) is 82.5 Å². The zero-order chi connectivity index (χ0) is 36.3. The van der Waals surface area contributed by atoms with Crippen molar-refractivity contribution in [3.8, 4) is 27.9 Å². The number of furan rings is 1. The van der Waals surface area contributed by atoms with E-state index in [0.29, 0.717) is 0 Å². The summed E-state index contributed by atoms with van der Waals surface area (Å²) in [6.07, 6.45) is 0. The van der Waals surface area contributed by atoms with Crippen molar-refractivity contribution in [1.29, 1.82) is 0 Å². The maximum atomic E-state index is 6.35. The Morgan fingerprint density at radius 3 is 1.65 bits per heavy atom. The first-order valence-electron chi connectivity index (χ1n) is 18.8. The van der Waals surface area contributed by atoms with Crippen molar-refractivity contribution in [2.45, 2.75) is 0 Å². The Morgan fingerprint density at radius 2 is 0.891 bits per heavy atom. The molecule has 0 aliphatic rings. The number of anilines is 3. The molecule has 0 aliphatic carbocycles. The minimum Gasteiger partial charge on any atom is -0.456 e. The second-order valence-electron chi connectivity index (χ2n) is 14.1. The predicted octanol–water partition coefficient (Wildman–Crippen LogP) is 14.6. The van der Waals surface area contributed by atoms with E-state index >= 15 is 0 Å². The molecule has 2 aromatic heterocycles. The van der Waals surface area contributed by atoms with E-state index in [1.165, 1.54) is 43.7 Å². The maximum Gasteiger partial charge on any atom is 0.136 e. The predicted molar refractivity (Wildman–Crippen MR) is 231 cm³/mol. The van der Waals surface area contributed by atoms with Gasteiger partial charge in [-0.2, -0.15) is 0 Å². The molecule has 0 atom stereocenters. The van der Waals surface area contributed by atoms with Crippen LogP contribution in [0.1, 0.15) is 0 Å². The third kappa shape index (κ3) is 5.05. The summed E-state index contributed by atoms with van der Waals surface area (Å²) in [6.45, 7) is 0. The van der Waals surface area contributed by atoms with Gasteiger partial charge in [0.15, 0.2) is 0 Å². The third-order valence-electron chi connectivity index (χ3n) is 11.0. The van der Waals surface area contributed by atoms with Crippen molar-refractivity contribution in [2.75, 3.05) is 4.90 Å². The summed E-state index contributed by atoms with van der Waals surface area (Å²) >= 11 is 0. The smallest absolute Gasteiger partial charge is 0.136 e. The zero-order valence-electron chi connectivity index (χ0n) is 29.9. The highest BCUT2D eigenvalue weighted by atomic mass is 16.3. The minimum absolute atomic E-state index is 0.888. The van der Waals surface area contributed by atoms with Gasteiger partial charge in [0.1, 0.15) is 11.2 Å². The van der Waals surface area contributed by atoms with Crippen LogP contribution in [-0.4, -0.2) is 4.57 Å². The zero-order valence-corrected chi connectivity index (χ0v) is 29.9. The molecule has 0 saturated carbocycles. The normalized spacial score (nSPS) is 11.6. The molecule has 9 aromatic carbocycles. The average molecular weight is 703 g/mol. The largest absolute Gasteiger partial charge is 0.456 e. The molecule has 11 aromatic rings. The van der Waals surface area contributed by atoms with E-state index in [0.717, 1.165) is 55.8 Å². The van der Waals surface area contributed by atoms with Crippen LogP contribution in [0.4, 0.5) is 17.1 Å². The van der Waals surface area contributed by atoms with Gasteiger partial charge in [0.25, 0.3) is 0 Å². The van der Waals surface area contributed by atoms with E-state index < -0.39 is 0 Å². The first-order valence-corrected chi connectivity index (χ1v) is 18.8. The van der Waals surface area contributed by atoms with E-state index in [9.17, 15) is 0 Å². The fourth-order valence-electron chi connectivity index (χ4n) is 8.51. The molecule has 0 amide bonds. The Balaban J connectivity index is 1.04. The molecular weight excluding hydrogens is 669 g/mol. The molecule has 0 fully saturated rings. The number of rotatable bonds is 6. The standard InChI is InChI=1S/C52H34N2O/c1-2-15-40-37(13-1)14-11-24-46(40)53(49-23-9-5-18-43(49)44-20-12-26-51-52(44)45-19-6-10-25-50(45)55-51)38-31-27-35(28-32-38)36-29-33-39(34-30-36)54-47-21-7-3-16-41(47)42-17-4-8-22-48(42)54/h1-34H. The summed E-state index contributed by atoms with van der Waals surface area (Å²) in [4.78, 5) is 2.41. The molecule has 0 spiro atoms. The van der Waals surface area contributed by atoms with Gasteiger partial charge in [-0.3, -0.25) is 0 Å². The van der Waals surface area contributed by atoms with Crippen LogP contribution in [0.5, 0.6) is 0 Å². The van der Waals surface area contributed by atoms with Crippen LogP contribution in [0, 0.1) is 0 Å². The molecule has 0 aliphatic heterocycles. The minimum atomic E-state index is 0.888. The lowest BCUT2D eigenvalue weighted by molar-refractivity contribution is 0.669. The molecule has 0 unspecified atom stereocenters. The Bertz CT molecular complexity index is 3150. The number of nitrogens with zero attached hydrogens (tertiary/aromatic N) is 2. The van der Waals surface area contributed by atoms with E-state index in [4.69, 9.17) is 4.42 Å². The monoisotopic (exact) mass is 702 g/mol. The lowest BCUT2D eigenvalue weighted by Crippen LogP contribution is -2.11. The van der Waals surface area contributed by atoms with Crippen LogP contribution < -0.4 is 4.90 Å². The molecule has 0 saturated heterocycles. The second kappa shape index (κ2) is 12.6. The highest BCUT2D eigenvalue weighted by molar-refractivity contribution is 6.14. The van der Waals surface area contributed by atoms with Gasteiger partial charge in [0.05, 0.1) is 22.4 Å². The highest BCUT2D eigenvalue weighted by Crippen LogP contribution is 2.46. The lowest BCUT2D eigenvalue weighted by Gasteiger charge is -2.29. The fraction of sp³-hybridized carbons (Fsp3) is 0. The molecule has 3 nitrogen and oxygen atoms in total. The van der Waals surface area contributed by atoms with Crippen LogP contribution >= 0.6 is 0 Å². The summed E-state index contributed by atoms with van der Waals surface area (Å²) < 4.78 is 8.71. The van der Waals surface area contributed by atoms with Crippen molar-refractivity contribution >= 4 is 71.6 Å². The van der Waals surface area contributed by atoms with E-state index in [1.54, 1.807) is 0 Å². The first-order chi connectivity index (χ1) is 27.3. The molecular formula is C52H34N2O. The van der Waals surface area contributed by atoms with Crippen LogP contribution in [0.3, 0.4) is 0 Å². The van der Waals surface area contributed by atoms with Gasteiger partial charge in [-0.05, 0) is 82.7 Å². The van der Waals surface area contributed by atoms with Crippen LogP contribution in [-0.2, 0) is 0 Å². The van der Waals surface area contributed by atoms with Gasteiger partial charge in [-0.15, -0.1) is 0 Å². The van der Waals surface area contributed by atoms with Gasteiger partial charge >= 0.3 is 0 Å².